The number of hydrogen-bond acceptors (Lipinski definition) is 8. The number of nitrogens with one attached hydrogen (secondary N) is 1. The molecule has 2 aromatic heterocycles. The summed E-state index contributed by atoms with van der Waals surface area (Å²) < 4.78 is 12.5. The highest BCUT2D eigenvalue weighted by Gasteiger charge is 2.19. The second-order valence-electron chi connectivity index (χ2n) is 7.68. The first kappa shape index (κ1) is 23.1. The Morgan fingerprint density at radius 3 is 2.56 bits per heavy atom. The molecule has 9 nitrogen and oxygen atoms in total. The minimum Gasteiger partial charge on any atom is -0.507 e. The lowest BCUT2D eigenvalue weighted by molar-refractivity contribution is 0.102. The number of carbonyl (C=O) groups excluding carboxylic acids is 1. The van der Waals surface area contributed by atoms with E-state index in [9.17, 15) is 9.90 Å². The van der Waals surface area contributed by atoms with E-state index in [0.717, 1.165) is 17.0 Å². The lowest BCUT2D eigenvalue weighted by atomic mass is 10.1. The molecule has 0 aliphatic carbocycles. The molecule has 0 saturated heterocycles. The van der Waals surface area contributed by atoms with Gasteiger partial charge in [-0.25, -0.2) is 4.68 Å². The number of aromatic hydroxyl groups is 1. The molecule has 1 amide bonds. The number of carbonyl (C=O) groups is 1. The predicted octanol–water partition coefficient (Wildman–Crippen LogP) is 4.97. The van der Waals surface area contributed by atoms with Crippen LogP contribution in [0.4, 0.5) is 5.69 Å². The van der Waals surface area contributed by atoms with Crippen molar-refractivity contribution in [3.05, 3.63) is 94.4 Å². The Labute approximate surface area is 209 Å². The molecule has 2 N–H and O–H groups in total. The van der Waals surface area contributed by atoms with Crippen LogP contribution < -0.4 is 14.9 Å². The van der Waals surface area contributed by atoms with Crippen LogP contribution in [0.3, 0.4) is 0 Å². The summed E-state index contributed by atoms with van der Waals surface area (Å²) in [6.07, 6.45) is 1.52. The van der Waals surface area contributed by atoms with Crippen molar-refractivity contribution < 1.29 is 19.1 Å². The molecule has 0 bridgehead atoms. The Bertz CT molecular complexity index is 1640. The molecule has 3 aromatic carbocycles. The fourth-order valence-electron chi connectivity index (χ4n) is 3.68. The lowest BCUT2D eigenvalue weighted by Gasteiger charge is -2.10. The van der Waals surface area contributed by atoms with E-state index in [1.165, 1.54) is 19.4 Å². The quantitative estimate of drug-likeness (QED) is 0.253. The number of anilines is 1. The van der Waals surface area contributed by atoms with Crippen LogP contribution in [-0.2, 0) is 0 Å². The molecule has 2 heterocycles. The van der Waals surface area contributed by atoms with Crippen LogP contribution in [0.15, 0.2) is 93.7 Å². The molecule has 5 rings (SSSR count). The SMILES string of the molecule is COc1c(/C(C)=N/N=c2\sc(C(=O)Nc3ccccc3)nn2-c2ccccc2)c(O)cc2occc12. The molecule has 0 aliphatic heterocycles. The second kappa shape index (κ2) is 9.88. The summed E-state index contributed by atoms with van der Waals surface area (Å²) in [5.74, 6) is 0.0232. The fourth-order valence-corrected chi connectivity index (χ4v) is 4.43. The third-order valence-electron chi connectivity index (χ3n) is 5.33. The summed E-state index contributed by atoms with van der Waals surface area (Å²) in [6.45, 7) is 1.71. The van der Waals surface area contributed by atoms with E-state index in [-0.39, 0.29) is 16.7 Å². The molecular formula is C26H21N5O4S. The Morgan fingerprint density at radius 1 is 1.11 bits per heavy atom. The average molecular weight is 500 g/mol. The number of phenolic OH excluding ortho intramolecular Hbond substituents is 1. The normalized spacial score (nSPS) is 12.2. The Kier molecular flexibility index (Phi) is 6.33. The number of nitrogens with zero attached hydrogens (tertiary/aromatic N) is 4. The number of phenols is 1. The van der Waals surface area contributed by atoms with Gasteiger partial charge >= 0.3 is 0 Å². The molecule has 0 unspecified atom stereocenters. The summed E-state index contributed by atoms with van der Waals surface area (Å²) in [5.41, 5.74) is 2.69. The number of para-hydroxylation sites is 2. The summed E-state index contributed by atoms with van der Waals surface area (Å²) in [4.78, 5) is 13.3. The number of amides is 1. The van der Waals surface area contributed by atoms with E-state index in [0.29, 0.717) is 38.5 Å². The van der Waals surface area contributed by atoms with Crippen molar-refractivity contribution in [2.45, 2.75) is 6.92 Å². The highest BCUT2D eigenvalue weighted by Crippen LogP contribution is 2.37. The molecule has 0 aliphatic rings. The smallest absolute Gasteiger partial charge is 0.286 e. The van der Waals surface area contributed by atoms with E-state index in [2.05, 4.69) is 20.6 Å². The maximum absolute atomic E-state index is 12.9. The second-order valence-corrected chi connectivity index (χ2v) is 8.64. The molecule has 0 saturated carbocycles. The first-order valence-corrected chi connectivity index (χ1v) is 11.7. The van der Waals surface area contributed by atoms with Gasteiger partial charge in [-0.2, -0.15) is 5.10 Å². The lowest BCUT2D eigenvalue weighted by Crippen LogP contribution is -2.15. The number of furan rings is 1. The predicted molar refractivity (Wildman–Crippen MR) is 138 cm³/mol. The monoisotopic (exact) mass is 499 g/mol. The number of fused-ring (bicyclic) bond motifs is 1. The van der Waals surface area contributed by atoms with Crippen molar-refractivity contribution in [3.8, 4) is 17.2 Å². The van der Waals surface area contributed by atoms with E-state index < -0.39 is 0 Å². The van der Waals surface area contributed by atoms with Crippen molar-refractivity contribution in [2.24, 2.45) is 10.2 Å². The van der Waals surface area contributed by atoms with Gasteiger partial charge in [0.15, 0.2) is 0 Å². The van der Waals surface area contributed by atoms with Crippen LogP contribution >= 0.6 is 11.3 Å². The number of aromatic nitrogens is 2. The Morgan fingerprint density at radius 2 is 1.83 bits per heavy atom. The van der Waals surface area contributed by atoms with Crippen LogP contribution in [0.5, 0.6) is 11.5 Å². The molecule has 0 radical (unpaired) electrons. The van der Waals surface area contributed by atoms with Crippen molar-refractivity contribution >= 4 is 39.6 Å². The molecule has 10 heteroatoms. The zero-order chi connectivity index (χ0) is 25.1. The summed E-state index contributed by atoms with van der Waals surface area (Å²) in [6, 6.07) is 21.7. The van der Waals surface area contributed by atoms with Gasteiger partial charge in [0.05, 0.1) is 35.7 Å². The van der Waals surface area contributed by atoms with Gasteiger partial charge in [0, 0.05) is 11.8 Å². The van der Waals surface area contributed by atoms with Crippen LogP contribution in [0.2, 0.25) is 0 Å². The third-order valence-corrected chi connectivity index (χ3v) is 6.23. The van der Waals surface area contributed by atoms with Gasteiger partial charge in [0.1, 0.15) is 17.1 Å². The van der Waals surface area contributed by atoms with E-state index in [1.54, 1.807) is 29.8 Å². The van der Waals surface area contributed by atoms with Crippen molar-refractivity contribution in [1.29, 1.82) is 0 Å². The fraction of sp³-hybridized carbons (Fsp3) is 0.0769. The van der Waals surface area contributed by atoms with E-state index in [4.69, 9.17) is 9.15 Å². The van der Waals surface area contributed by atoms with Crippen LogP contribution in [0.1, 0.15) is 22.3 Å². The van der Waals surface area contributed by atoms with Gasteiger partial charge in [-0.05, 0) is 37.3 Å². The molecule has 180 valence electrons. The third kappa shape index (κ3) is 4.49. The van der Waals surface area contributed by atoms with Gasteiger partial charge in [-0.3, -0.25) is 4.79 Å². The molecule has 36 heavy (non-hydrogen) atoms. The number of ether oxygens (including phenoxy) is 1. The minimum absolute atomic E-state index is 0.0473. The molecule has 0 fully saturated rings. The molecule has 0 atom stereocenters. The molecule has 0 spiro atoms. The van der Waals surface area contributed by atoms with Crippen molar-refractivity contribution in [1.82, 2.24) is 9.78 Å². The standard InChI is InChI=1S/C26H21N5O4S/c1-16(22-20(32)15-21-19(13-14-35-21)23(22)34-2)28-29-26-31(18-11-7-4-8-12-18)30-25(36-26)24(33)27-17-9-5-3-6-10-17/h3-15,32H,1-2H3,(H,27,33)/b28-16+,29-26-. The van der Waals surface area contributed by atoms with Crippen LogP contribution in [0.25, 0.3) is 16.7 Å². The average Bonchev–Trinajstić information content (AvgIpc) is 3.55. The Hall–Kier alpha value is -4.70. The number of benzene rings is 3. The van der Waals surface area contributed by atoms with Gasteiger partial charge in [-0.15, -0.1) is 10.2 Å². The summed E-state index contributed by atoms with van der Waals surface area (Å²) in [7, 11) is 1.51. The molecular weight excluding hydrogens is 478 g/mol. The minimum atomic E-state index is -0.359. The first-order chi connectivity index (χ1) is 17.5. The van der Waals surface area contributed by atoms with Crippen molar-refractivity contribution in [3.63, 3.8) is 0 Å². The number of hydrogen-bond donors (Lipinski definition) is 2. The van der Waals surface area contributed by atoms with Gasteiger partial charge in [0.2, 0.25) is 9.81 Å². The van der Waals surface area contributed by atoms with Crippen molar-refractivity contribution in [2.75, 3.05) is 12.4 Å². The molecule has 5 aromatic rings. The van der Waals surface area contributed by atoms with Gasteiger partial charge in [-0.1, -0.05) is 47.7 Å². The topological polar surface area (TPSA) is 114 Å². The Balaban J connectivity index is 1.58. The van der Waals surface area contributed by atoms with Gasteiger partial charge < -0.3 is 19.6 Å². The maximum atomic E-state index is 12.9. The first-order valence-electron chi connectivity index (χ1n) is 10.9. The van der Waals surface area contributed by atoms with Gasteiger partial charge in [0.25, 0.3) is 5.91 Å². The number of methoxy groups -OCH3 is 1. The maximum Gasteiger partial charge on any atom is 0.286 e. The summed E-state index contributed by atoms with van der Waals surface area (Å²) in [5, 5.41) is 27.6. The van der Waals surface area contributed by atoms with E-state index >= 15 is 0 Å². The van der Waals surface area contributed by atoms with Crippen LogP contribution in [0, 0.1) is 0 Å². The highest BCUT2D eigenvalue weighted by molar-refractivity contribution is 7.11. The summed E-state index contributed by atoms with van der Waals surface area (Å²) >= 11 is 1.09. The zero-order valence-corrected chi connectivity index (χ0v) is 20.2. The largest absolute Gasteiger partial charge is 0.507 e. The van der Waals surface area contributed by atoms with E-state index in [1.807, 2.05) is 48.5 Å². The number of rotatable bonds is 6. The van der Waals surface area contributed by atoms with Crippen LogP contribution in [-0.4, -0.2) is 33.6 Å². The zero-order valence-electron chi connectivity index (χ0n) is 19.4. The highest BCUT2D eigenvalue weighted by atomic mass is 32.1.